The number of halogens is 2. The highest BCUT2D eigenvalue weighted by molar-refractivity contribution is 9.10. The van der Waals surface area contributed by atoms with Crippen LogP contribution in [0.2, 0.25) is 5.02 Å². The normalized spacial score (nSPS) is 12.2. The molecule has 0 saturated carbocycles. The van der Waals surface area contributed by atoms with Crippen LogP contribution in [0.15, 0.2) is 46.9 Å². The molecule has 1 atom stereocenters. The van der Waals surface area contributed by atoms with Gasteiger partial charge < -0.3 is 10.1 Å². The third-order valence-corrected chi connectivity index (χ3v) is 4.03. The lowest BCUT2D eigenvalue weighted by molar-refractivity contribution is 0.338. The average Bonchev–Trinajstić information content (AvgIpc) is 2.47. The van der Waals surface area contributed by atoms with Crippen molar-refractivity contribution in [1.29, 1.82) is 0 Å². The Morgan fingerprint density at radius 1 is 1.14 bits per heavy atom. The molecule has 2 rings (SSSR count). The van der Waals surface area contributed by atoms with Gasteiger partial charge in [0.25, 0.3) is 0 Å². The van der Waals surface area contributed by atoms with E-state index in [1.165, 1.54) is 5.56 Å². The Hall–Kier alpha value is -1.03. The van der Waals surface area contributed by atoms with Gasteiger partial charge in [-0.15, -0.1) is 0 Å². The first-order chi connectivity index (χ1) is 10.2. The third-order valence-electron chi connectivity index (χ3n) is 3.18. The van der Waals surface area contributed by atoms with Crippen LogP contribution in [-0.2, 0) is 0 Å². The van der Waals surface area contributed by atoms with Crippen LogP contribution in [0.1, 0.15) is 31.0 Å². The SMILES string of the molecule is CCNC(c1cccc(Cl)c1)c1ccc(OCC)c(Br)c1. The number of hydrogen-bond donors (Lipinski definition) is 1. The molecule has 0 amide bonds. The molecule has 0 aliphatic heterocycles. The van der Waals surface area contributed by atoms with Crippen molar-refractivity contribution in [3.63, 3.8) is 0 Å². The molecule has 2 aromatic rings. The van der Waals surface area contributed by atoms with E-state index in [9.17, 15) is 0 Å². The Morgan fingerprint density at radius 3 is 2.52 bits per heavy atom. The quantitative estimate of drug-likeness (QED) is 0.756. The van der Waals surface area contributed by atoms with Gasteiger partial charge in [0.1, 0.15) is 5.75 Å². The third kappa shape index (κ3) is 4.22. The summed E-state index contributed by atoms with van der Waals surface area (Å²) in [6, 6.07) is 14.2. The summed E-state index contributed by atoms with van der Waals surface area (Å²) in [5.41, 5.74) is 2.33. The summed E-state index contributed by atoms with van der Waals surface area (Å²) in [5, 5.41) is 4.25. The van der Waals surface area contributed by atoms with Gasteiger partial charge in [0, 0.05) is 5.02 Å². The smallest absolute Gasteiger partial charge is 0.133 e. The average molecular weight is 369 g/mol. The molecule has 112 valence electrons. The van der Waals surface area contributed by atoms with Crippen molar-refractivity contribution in [2.75, 3.05) is 13.2 Å². The fourth-order valence-electron chi connectivity index (χ4n) is 2.29. The van der Waals surface area contributed by atoms with Crippen molar-refractivity contribution in [1.82, 2.24) is 5.32 Å². The van der Waals surface area contributed by atoms with Gasteiger partial charge in [-0.25, -0.2) is 0 Å². The molecule has 0 aromatic heterocycles. The first-order valence-corrected chi connectivity index (χ1v) is 8.23. The molecule has 0 aliphatic carbocycles. The highest BCUT2D eigenvalue weighted by atomic mass is 79.9. The fourth-order valence-corrected chi connectivity index (χ4v) is 3.00. The lowest BCUT2D eigenvalue weighted by Crippen LogP contribution is -2.22. The lowest BCUT2D eigenvalue weighted by Gasteiger charge is -2.20. The molecule has 2 aromatic carbocycles. The van der Waals surface area contributed by atoms with Crippen LogP contribution in [0.5, 0.6) is 5.75 Å². The van der Waals surface area contributed by atoms with E-state index in [1.54, 1.807) is 0 Å². The molecule has 4 heteroatoms. The Morgan fingerprint density at radius 2 is 1.90 bits per heavy atom. The zero-order valence-corrected chi connectivity index (χ0v) is 14.5. The minimum atomic E-state index is 0.112. The summed E-state index contributed by atoms with van der Waals surface area (Å²) in [6.45, 7) is 5.61. The van der Waals surface area contributed by atoms with Crippen LogP contribution in [0.4, 0.5) is 0 Å². The predicted molar refractivity (Wildman–Crippen MR) is 92.3 cm³/mol. The highest BCUT2D eigenvalue weighted by Gasteiger charge is 2.15. The highest BCUT2D eigenvalue weighted by Crippen LogP contribution is 2.31. The molecule has 1 unspecified atom stereocenters. The van der Waals surface area contributed by atoms with E-state index >= 15 is 0 Å². The van der Waals surface area contributed by atoms with E-state index < -0.39 is 0 Å². The summed E-state index contributed by atoms with van der Waals surface area (Å²) < 4.78 is 6.53. The van der Waals surface area contributed by atoms with Gasteiger partial charge in [0.05, 0.1) is 17.1 Å². The monoisotopic (exact) mass is 367 g/mol. The summed E-state index contributed by atoms with van der Waals surface area (Å²) in [7, 11) is 0. The van der Waals surface area contributed by atoms with E-state index in [4.69, 9.17) is 16.3 Å². The standard InChI is InChI=1S/C17H19BrClNO/c1-3-20-17(12-6-5-7-14(19)10-12)13-8-9-16(21-4-2)15(18)11-13/h5-11,17,20H,3-4H2,1-2H3. The largest absolute Gasteiger partial charge is 0.493 e. The van der Waals surface area contributed by atoms with Crippen molar-refractivity contribution < 1.29 is 4.74 Å². The Bertz CT molecular complexity index is 603. The van der Waals surface area contributed by atoms with Crippen LogP contribution >= 0.6 is 27.5 Å². The zero-order chi connectivity index (χ0) is 15.2. The van der Waals surface area contributed by atoms with Gasteiger partial charge in [0.2, 0.25) is 0 Å². The molecule has 0 aliphatic rings. The molecule has 0 bridgehead atoms. The van der Waals surface area contributed by atoms with Gasteiger partial charge in [-0.05, 0) is 64.8 Å². The number of ether oxygens (including phenoxy) is 1. The Labute approximate surface area is 139 Å². The molecule has 0 fully saturated rings. The Kier molecular flexibility index (Phi) is 6.09. The number of nitrogens with one attached hydrogen (secondary N) is 1. The molecule has 1 N–H and O–H groups in total. The van der Waals surface area contributed by atoms with Gasteiger partial charge in [0.15, 0.2) is 0 Å². The van der Waals surface area contributed by atoms with E-state index in [1.807, 2.05) is 31.2 Å². The first-order valence-electron chi connectivity index (χ1n) is 7.06. The van der Waals surface area contributed by atoms with E-state index in [0.29, 0.717) is 6.61 Å². The summed E-state index contributed by atoms with van der Waals surface area (Å²) in [4.78, 5) is 0. The van der Waals surface area contributed by atoms with Crippen LogP contribution in [0.25, 0.3) is 0 Å². The molecule has 0 saturated heterocycles. The van der Waals surface area contributed by atoms with Crippen LogP contribution in [0.3, 0.4) is 0 Å². The second-order valence-electron chi connectivity index (χ2n) is 4.67. The number of benzene rings is 2. The fraction of sp³-hybridized carbons (Fsp3) is 0.294. The van der Waals surface area contributed by atoms with Crippen molar-refractivity contribution in [3.8, 4) is 5.75 Å². The molecule has 21 heavy (non-hydrogen) atoms. The van der Waals surface area contributed by atoms with E-state index in [2.05, 4.69) is 46.4 Å². The van der Waals surface area contributed by atoms with Crippen molar-refractivity contribution in [3.05, 3.63) is 63.1 Å². The molecule has 2 nitrogen and oxygen atoms in total. The predicted octanol–water partition coefficient (Wildman–Crippen LogP) is 5.20. The zero-order valence-electron chi connectivity index (χ0n) is 12.2. The topological polar surface area (TPSA) is 21.3 Å². The maximum atomic E-state index is 6.12. The van der Waals surface area contributed by atoms with Crippen LogP contribution < -0.4 is 10.1 Å². The van der Waals surface area contributed by atoms with Gasteiger partial charge in [-0.2, -0.15) is 0 Å². The summed E-state index contributed by atoms with van der Waals surface area (Å²) in [6.07, 6.45) is 0. The molecular weight excluding hydrogens is 350 g/mol. The van der Waals surface area contributed by atoms with Gasteiger partial charge in [-0.3, -0.25) is 0 Å². The number of hydrogen-bond acceptors (Lipinski definition) is 2. The molecular formula is C17H19BrClNO. The second-order valence-corrected chi connectivity index (χ2v) is 5.96. The molecule has 0 radical (unpaired) electrons. The summed E-state index contributed by atoms with van der Waals surface area (Å²) in [5.74, 6) is 0.864. The first kappa shape index (κ1) is 16.3. The van der Waals surface area contributed by atoms with Crippen molar-refractivity contribution in [2.45, 2.75) is 19.9 Å². The van der Waals surface area contributed by atoms with Gasteiger partial charge in [-0.1, -0.05) is 36.7 Å². The second kappa shape index (κ2) is 7.83. The number of rotatable bonds is 6. The summed E-state index contributed by atoms with van der Waals surface area (Å²) >= 11 is 9.69. The maximum Gasteiger partial charge on any atom is 0.133 e. The van der Waals surface area contributed by atoms with E-state index in [-0.39, 0.29) is 6.04 Å². The molecule has 0 heterocycles. The van der Waals surface area contributed by atoms with Crippen molar-refractivity contribution >= 4 is 27.5 Å². The van der Waals surface area contributed by atoms with E-state index in [0.717, 1.165) is 27.4 Å². The molecule has 0 spiro atoms. The minimum absolute atomic E-state index is 0.112. The Balaban J connectivity index is 2.36. The maximum absolute atomic E-state index is 6.12. The van der Waals surface area contributed by atoms with Gasteiger partial charge >= 0.3 is 0 Å². The van der Waals surface area contributed by atoms with Crippen molar-refractivity contribution in [2.24, 2.45) is 0 Å². The lowest BCUT2D eigenvalue weighted by atomic mass is 9.98. The van der Waals surface area contributed by atoms with Crippen LogP contribution in [0, 0.1) is 0 Å². The minimum Gasteiger partial charge on any atom is -0.493 e. The van der Waals surface area contributed by atoms with Crippen LogP contribution in [-0.4, -0.2) is 13.2 Å².